The van der Waals surface area contributed by atoms with E-state index in [2.05, 4.69) is 22.2 Å². The Morgan fingerprint density at radius 3 is 2.74 bits per heavy atom. The number of nitrogens with zero attached hydrogens (tertiary/aromatic N) is 3. The van der Waals surface area contributed by atoms with Gasteiger partial charge in [-0.2, -0.15) is 0 Å². The van der Waals surface area contributed by atoms with E-state index in [9.17, 15) is 9.59 Å². The fraction of sp³-hybridized carbons (Fsp3) is 0.200. The molecule has 136 valence electrons. The molecule has 6 nitrogen and oxygen atoms in total. The number of hydrogen-bond acceptors (Lipinski definition) is 5. The second-order valence-electron chi connectivity index (χ2n) is 6.28. The summed E-state index contributed by atoms with van der Waals surface area (Å²) in [6.45, 7) is 3.74. The van der Waals surface area contributed by atoms with Crippen LogP contribution in [-0.4, -0.2) is 20.4 Å². The van der Waals surface area contributed by atoms with E-state index < -0.39 is 0 Å². The minimum atomic E-state index is -0.259. The van der Waals surface area contributed by atoms with Crippen LogP contribution in [0.25, 0.3) is 20.4 Å². The summed E-state index contributed by atoms with van der Waals surface area (Å²) < 4.78 is 1.93. The van der Waals surface area contributed by atoms with Gasteiger partial charge in [-0.1, -0.05) is 19.1 Å². The molecule has 3 heterocycles. The SMILES string of the molecule is CCc1ccc(NC(=O)Cn2c(C)nc3c(sc4ncccc43)c2=O)cc1. The Morgan fingerprint density at radius 1 is 1.22 bits per heavy atom. The second-order valence-corrected chi connectivity index (χ2v) is 7.28. The minimum absolute atomic E-state index is 0.0786. The van der Waals surface area contributed by atoms with Crippen molar-refractivity contribution in [3.8, 4) is 0 Å². The van der Waals surface area contributed by atoms with Crippen molar-refractivity contribution in [1.29, 1.82) is 0 Å². The van der Waals surface area contributed by atoms with Crippen LogP contribution in [-0.2, 0) is 17.8 Å². The summed E-state index contributed by atoms with van der Waals surface area (Å²) in [4.78, 5) is 35.0. The number of anilines is 1. The number of aryl methyl sites for hydroxylation is 2. The number of rotatable bonds is 4. The van der Waals surface area contributed by atoms with Crippen LogP contribution < -0.4 is 10.9 Å². The highest BCUT2D eigenvalue weighted by Gasteiger charge is 2.16. The number of amides is 1. The lowest BCUT2D eigenvalue weighted by molar-refractivity contribution is -0.116. The molecule has 0 aliphatic heterocycles. The van der Waals surface area contributed by atoms with Crippen molar-refractivity contribution in [2.75, 3.05) is 5.32 Å². The zero-order chi connectivity index (χ0) is 19.0. The predicted octanol–water partition coefficient (Wildman–Crippen LogP) is 3.52. The lowest BCUT2D eigenvalue weighted by Crippen LogP contribution is -2.29. The highest BCUT2D eigenvalue weighted by molar-refractivity contribution is 7.25. The van der Waals surface area contributed by atoms with Crippen LogP contribution in [0.5, 0.6) is 0 Å². The van der Waals surface area contributed by atoms with Crippen LogP contribution in [0.15, 0.2) is 47.4 Å². The molecular formula is C20H18N4O2S. The van der Waals surface area contributed by atoms with E-state index in [1.165, 1.54) is 21.5 Å². The third kappa shape index (κ3) is 3.21. The van der Waals surface area contributed by atoms with E-state index in [4.69, 9.17) is 0 Å². The zero-order valence-electron chi connectivity index (χ0n) is 15.0. The molecule has 4 aromatic rings. The van der Waals surface area contributed by atoms with Crippen molar-refractivity contribution in [2.24, 2.45) is 0 Å². The molecule has 0 unspecified atom stereocenters. The quantitative estimate of drug-likeness (QED) is 0.589. The van der Waals surface area contributed by atoms with E-state index in [1.807, 2.05) is 36.4 Å². The van der Waals surface area contributed by atoms with E-state index in [-0.39, 0.29) is 18.0 Å². The first-order valence-electron chi connectivity index (χ1n) is 8.70. The van der Waals surface area contributed by atoms with Gasteiger partial charge in [0.1, 0.15) is 21.9 Å². The van der Waals surface area contributed by atoms with E-state index in [0.29, 0.717) is 21.7 Å². The molecule has 0 saturated carbocycles. The molecule has 0 atom stereocenters. The van der Waals surface area contributed by atoms with Gasteiger partial charge in [-0.25, -0.2) is 9.97 Å². The molecule has 1 aromatic carbocycles. The Hall–Kier alpha value is -3.06. The third-order valence-electron chi connectivity index (χ3n) is 4.49. The van der Waals surface area contributed by atoms with Gasteiger partial charge in [0, 0.05) is 17.3 Å². The van der Waals surface area contributed by atoms with Crippen LogP contribution >= 0.6 is 11.3 Å². The lowest BCUT2D eigenvalue weighted by atomic mass is 10.1. The average Bonchev–Trinajstić information content (AvgIpc) is 3.04. The molecule has 0 saturated heterocycles. The molecule has 7 heteroatoms. The molecule has 27 heavy (non-hydrogen) atoms. The number of benzene rings is 1. The number of thiophene rings is 1. The van der Waals surface area contributed by atoms with E-state index >= 15 is 0 Å². The molecule has 0 aliphatic rings. The molecule has 1 amide bonds. The Bertz CT molecular complexity index is 1210. The number of fused-ring (bicyclic) bond motifs is 3. The van der Waals surface area contributed by atoms with Gasteiger partial charge in [-0.05, 0) is 43.2 Å². The Kier molecular flexibility index (Phi) is 4.45. The molecule has 3 aromatic heterocycles. The molecule has 1 N–H and O–H groups in total. The summed E-state index contributed by atoms with van der Waals surface area (Å²) in [5.74, 6) is 0.248. The number of hydrogen-bond donors (Lipinski definition) is 1. The summed E-state index contributed by atoms with van der Waals surface area (Å²) >= 11 is 1.31. The standard InChI is InChI=1S/C20H18N4O2S/c1-3-13-6-8-14(9-7-13)23-16(25)11-24-12(2)22-17-15-5-4-10-21-19(15)27-18(17)20(24)26/h4-10H,3,11H2,1-2H3,(H,23,25). The molecule has 0 aliphatic carbocycles. The van der Waals surface area contributed by atoms with Crippen molar-refractivity contribution in [2.45, 2.75) is 26.8 Å². The van der Waals surface area contributed by atoms with Gasteiger partial charge in [-0.3, -0.25) is 14.2 Å². The number of carbonyl (C=O) groups is 1. The van der Waals surface area contributed by atoms with Gasteiger partial charge >= 0.3 is 0 Å². The van der Waals surface area contributed by atoms with Crippen LogP contribution in [0.4, 0.5) is 5.69 Å². The predicted molar refractivity (Wildman–Crippen MR) is 108 cm³/mol. The third-order valence-corrected chi connectivity index (χ3v) is 5.58. The molecule has 0 spiro atoms. The lowest BCUT2D eigenvalue weighted by Gasteiger charge is -2.10. The summed E-state index contributed by atoms with van der Waals surface area (Å²) in [5.41, 5.74) is 2.35. The van der Waals surface area contributed by atoms with E-state index in [1.54, 1.807) is 13.1 Å². The zero-order valence-corrected chi connectivity index (χ0v) is 15.8. The monoisotopic (exact) mass is 378 g/mol. The Labute approximate surface area is 159 Å². The first-order valence-corrected chi connectivity index (χ1v) is 9.52. The summed E-state index contributed by atoms with van der Waals surface area (Å²) in [7, 11) is 0. The maximum atomic E-state index is 12.9. The number of aromatic nitrogens is 3. The van der Waals surface area contributed by atoms with Gasteiger partial charge in [-0.15, -0.1) is 11.3 Å². The summed E-state index contributed by atoms with van der Waals surface area (Å²) in [6, 6.07) is 11.4. The number of carbonyl (C=O) groups excluding carboxylic acids is 1. The van der Waals surface area contributed by atoms with Crippen LogP contribution in [0.1, 0.15) is 18.3 Å². The average molecular weight is 378 g/mol. The fourth-order valence-corrected chi connectivity index (χ4v) is 4.05. The smallest absolute Gasteiger partial charge is 0.272 e. The van der Waals surface area contributed by atoms with Crippen LogP contribution in [0, 0.1) is 6.92 Å². The van der Waals surface area contributed by atoms with Crippen LogP contribution in [0.2, 0.25) is 0 Å². The molecule has 0 bridgehead atoms. The molecule has 0 radical (unpaired) electrons. The second kappa shape index (κ2) is 6.92. The topological polar surface area (TPSA) is 76.9 Å². The van der Waals surface area contributed by atoms with Gasteiger partial charge in [0.15, 0.2) is 0 Å². The van der Waals surface area contributed by atoms with Gasteiger partial charge in [0.05, 0.1) is 5.52 Å². The maximum Gasteiger partial charge on any atom is 0.272 e. The Morgan fingerprint density at radius 2 is 2.00 bits per heavy atom. The van der Waals surface area contributed by atoms with Gasteiger partial charge in [0.2, 0.25) is 5.91 Å². The van der Waals surface area contributed by atoms with Crippen molar-refractivity contribution >= 4 is 43.4 Å². The summed E-state index contributed by atoms with van der Waals surface area (Å²) in [5, 5.41) is 3.70. The largest absolute Gasteiger partial charge is 0.325 e. The van der Waals surface area contributed by atoms with Crippen LogP contribution in [0.3, 0.4) is 0 Å². The number of pyridine rings is 1. The normalized spacial score (nSPS) is 11.2. The van der Waals surface area contributed by atoms with Gasteiger partial charge < -0.3 is 5.32 Å². The first-order chi connectivity index (χ1) is 13.1. The summed E-state index contributed by atoms with van der Waals surface area (Å²) in [6.07, 6.45) is 2.64. The van der Waals surface area contributed by atoms with Gasteiger partial charge in [0.25, 0.3) is 5.56 Å². The van der Waals surface area contributed by atoms with E-state index in [0.717, 1.165) is 16.6 Å². The highest BCUT2D eigenvalue weighted by Crippen LogP contribution is 2.28. The number of nitrogens with one attached hydrogen (secondary N) is 1. The van der Waals surface area contributed by atoms with Crippen molar-refractivity contribution in [3.63, 3.8) is 0 Å². The minimum Gasteiger partial charge on any atom is -0.325 e. The first kappa shape index (κ1) is 17.4. The van der Waals surface area contributed by atoms with Crippen molar-refractivity contribution in [3.05, 3.63) is 64.3 Å². The molecule has 0 fully saturated rings. The maximum absolute atomic E-state index is 12.9. The van der Waals surface area contributed by atoms with Crippen molar-refractivity contribution < 1.29 is 4.79 Å². The van der Waals surface area contributed by atoms with Crippen molar-refractivity contribution in [1.82, 2.24) is 14.5 Å². The highest BCUT2D eigenvalue weighted by atomic mass is 32.1. The fourth-order valence-electron chi connectivity index (χ4n) is 3.02. The molecular weight excluding hydrogens is 360 g/mol. The Balaban J connectivity index is 1.65. The molecule has 4 rings (SSSR count).